The van der Waals surface area contributed by atoms with Crippen molar-refractivity contribution in [3.63, 3.8) is 0 Å². The van der Waals surface area contributed by atoms with Gasteiger partial charge in [-0.25, -0.2) is 0 Å². The number of esters is 1. The van der Waals surface area contributed by atoms with Gasteiger partial charge in [0.15, 0.2) is 0 Å². The first kappa shape index (κ1) is 25.5. The molecule has 6 aromatic rings. The summed E-state index contributed by atoms with van der Waals surface area (Å²) in [7, 11) is -2.33. The maximum atomic E-state index is 12.9. The first-order chi connectivity index (χ1) is 19.2. The summed E-state index contributed by atoms with van der Waals surface area (Å²) in [4.78, 5) is 12.9. The fraction of sp³-hybridized carbons (Fsp3) is 0.114. The number of hydrogen-bond donors (Lipinski definition) is 0. The van der Waals surface area contributed by atoms with Crippen LogP contribution in [-0.4, -0.2) is 12.1 Å². The van der Waals surface area contributed by atoms with E-state index in [9.17, 15) is 4.79 Å². The molecular weight excluding hydrogens is 515 g/mol. The van der Waals surface area contributed by atoms with Gasteiger partial charge >= 0.3 is 229 Å². The summed E-state index contributed by atoms with van der Waals surface area (Å²) in [5.41, 5.74) is 1.03. The quantitative estimate of drug-likeness (QED) is 0.138. The van der Waals surface area contributed by atoms with E-state index in [2.05, 4.69) is 133 Å². The molecule has 0 bridgehead atoms. The molecule has 0 N–H and O–H groups in total. The van der Waals surface area contributed by atoms with E-state index in [0.29, 0.717) is 13.0 Å². The van der Waals surface area contributed by atoms with Crippen LogP contribution in [0.15, 0.2) is 133 Å². The van der Waals surface area contributed by atoms with Crippen LogP contribution < -0.4 is 15.9 Å². The maximum absolute atomic E-state index is 12.9. The Balaban J connectivity index is 1.19. The number of hydrogen-bond acceptors (Lipinski definition) is 3. The molecule has 194 valence electrons. The first-order valence-electron chi connectivity index (χ1n) is 13.5. The van der Waals surface area contributed by atoms with Crippen molar-refractivity contribution in [2.45, 2.75) is 19.4 Å². The Labute approximate surface area is 234 Å². The van der Waals surface area contributed by atoms with Crippen molar-refractivity contribution < 1.29 is 9.53 Å². The molecule has 0 unspecified atom stereocenters. The number of thiophene rings is 1. The van der Waals surface area contributed by atoms with Crippen LogP contribution in [0.5, 0.6) is 0 Å². The van der Waals surface area contributed by atoms with Crippen LogP contribution in [0.25, 0.3) is 20.2 Å². The minimum atomic E-state index is -2.33. The van der Waals surface area contributed by atoms with E-state index in [1.165, 1.54) is 36.1 Å². The van der Waals surface area contributed by atoms with Gasteiger partial charge in [0.1, 0.15) is 0 Å². The number of carbonyl (C=O) groups excluding carboxylic acids is 1. The summed E-state index contributed by atoms with van der Waals surface area (Å²) in [5, 5.41) is 6.59. The minimum absolute atomic E-state index is 0.137. The molecule has 0 amide bonds. The summed E-state index contributed by atoms with van der Waals surface area (Å²) in [5.74, 6) is -0.137. The molecule has 0 aliphatic heterocycles. The zero-order chi connectivity index (χ0) is 26.5. The van der Waals surface area contributed by atoms with E-state index in [1.807, 2.05) is 0 Å². The van der Waals surface area contributed by atoms with Gasteiger partial charge in [0.25, 0.3) is 0 Å². The Kier molecular flexibility index (Phi) is 7.54. The molecule has 0 aliphatic rings. The van der Waals surface area contributed by atoms with Gasteiger partial charge in [-0.2, -0.15) is 0 Å². The second-order valence-corrected chi connectivity index (χ2v) is 15.1. The fourth-order valence-electron chi connectivity index (χ4n) is 5.70. The van der Waals surface area contributed by atoms with Crippen LogP contribution >= 0.6 is 18.6 Å². The van der Waals surface area contributed by atoms with Crippen LogP contribution in [0.1, 0.15) is 18.4 Å². The summed E-state index contributed by atoms with van der Waals surface area (Å²) in [6.07, 6.45) is 2.12. The van der Waals surface area contributed by atoms with Crippen LogP contribution in [0.2, 0.25) is 0 Å². The van der Waals surface area contributed by atoms with Crippen molar-refractivity contribution in [1.29, 1.82) is 0 Å². The zero-order valence-electron chi connectivity index (χ0n) is 21.8. The van der Waals surface area contributed by atoms with E-state index in [-0.39, 0.29) is 5.97 Å². The van der Waals surface area contributed by atoms with Gasteiger partial charge in [-0.3, -0.25) is 0 Å². The normalized spacial score (nSPS) is 12.0. The molecule has 1 aromatic heterocycles. The van der Waals surface area contributed by atoms with E-state index >= 15 is 0 Å². The van der Waals surface area contributed by atoms with E-state index in [4.69, 9.17) is 4.74 Å². The third-order valence-corrected chi connectivity index (χ3v) is 13.8. The SMILES string of the molecule is O=C(CCC[PH](c1ccccc1)(c1ccccc1)c1ccccc1)OCc1ccc2sc3ccccc3c2c1. The Hall–Kier alpha value is -3.78. The summed E-state index contributed by atoms with van der Waals surface area (Å²) in [6.45, 7) is 0.303. The molecule has 0 aliphatic carbocycles. The molecule has 0 fully saturated rings. The monoisotopic (exact) mass is 546 g/mol. The number of carbonyl (C=O) groups is 1. The van der Waals surface area contributed by atoms with Gasteiger partial charge < -0.3 is 0 Å². The predicted octanol–water partition coefficient (Wildman–Crippen LogP) is 7.60. The third kappa shape index (κ3) is 5.26. The topological polar surface area (TPSA) is 26.3 Å². The summed E-state index contributed by atoms with van der Waals surface area (Å²) >= 11 is 1.80. The molecule has 1 heterocycles. The van der Waals surface area contributed by atoms with Gasteiger partial charge in [-0.1, -0.05) is 6.07 Å². The van der Waals surface area contributed by atoms with Gasteiger partial charge in [-0.15, -0.1) is 0 Å². The zero-order valence-corrected chi connectivity index (χ0v) is 23.6. The average Bonchev–Trinajstić information content (AvgIpc) is 3.38. The molecule has 0 saturated heterocycles. The molecule has 0 atom stereocenters. The van der Waals surface area contributed by atoms with E-state index in [0.717, 1.165) is 18.1 Å². The van der Waals surface area contributed by atoms with Gasteiger partial charge in [0.2, 0.25) is 0 Å². The molecule has 5 aromatic carbocycles. The second kappa shape index (κ2) is 11.5. The summed E-state index contributed by atoms with van der Waals surface area (Å²) in [6, 6.07) is 47.4. The van der Waals surface area contributed by atoms with Crippen LogP contribution in [0.3, 0.4) is 0 Å². The van der Waals surface area contributed by atoms with Crippen molar-refractivity contribution in [1.82, 2.24) is 0 Å². The molecule has 6 rings (SSSR count). The van der Waals surface area contributed by atoms with Crippen molar-refractivity contribution in [3.05, 3.63) is 139 Å². The Bertz CT molecular complexity index is 1600. The van der Waals surface area contributed by atoms with Gasteiger partial charge in [-0.05, 0) is 0 Å². The van der Waals surface area contributed by atoms with Crippen molar-refractivity contribution in [2.75, 3.05) is 6.16 Å². The molecule has 2 nitrogen and oxygen atoms in total. The molecule has 4 heteroatoms. The van der Waals surface area contributed by atoms with E-state index < -0.39 is 7.26 Å². The Morgan fingerprint density at radius 1 is 0.615 bits per heavy atom. The Morgan fingerprint density at radius 3 is 1.77 bits per heavy atom. The van der Waals surface area contributed by atoms with Gasteiger partial charge in [0, 0.05) is 0 Å². The van der Waals surface area contributed by atoms with Crippen LogP contribution in [-0.2, 0) is 16.1 Å². The van der Waals surface area contributed by atoms with Crippen LogP contribution in [0.4, 0.5) is 0 Å². The first-order valence-corrected chi connectivity index (χ1v) is 16.5. The number of rotatable bonds is 9. The van der Waals surface area contributed by atoms with Crippen LogP contribution in [0, 0.1) is 0 Å². The van der Waals surface area contributed by atoms with Crippen molar-refractivity contribution in [3.8, 4) is 0 Å². The number of fused-ring (bicyclic) bond motifs is 3. The average molecular weight is 547 g/mol. The third-order valence-electron chi connectivity index (χ3n) is 7.57. The molecule has 0 saturated carbocycles. The van der Waals surface area contributed by atoms with Crippen molar-refractivity contribution in [2.24, 2.45) is 0 Å². The number of ether oxygens (including phenoxy) is 1. The van der Waals surface area contributed by atoms with Gasteiger partial charge in [0.05, 0.1) is 0 Å². The second-order valence-electron chi connectivity index (χ2n) is 9.95. The van der Waals surface area contributed by atoms with E-state index in [1.54, 1.807) is 11.3 Å². The Morgan fingerprint density at radius 2 is 1.15 bits per heavy atom. The van der Waals surface area contributed by atoms with Crippen molar-refractivity contribution >= 4 is 60.7 Å². The molecule has 39 heavy (non-hydrogen) atoms. The molecule has 0 radical (unpaired) electrons. The summed E-state index contributed by atoms with van der Waals surface area (Å²) < 4.78 is 8.32. The predicted molar refractivity (Wildman–Crippen MR) is 170 cm³/mol. The number of benzene rings is 5. The standard InChI is InChI=1S/C35H31O2PS/c36-35(37-26-27-22-23-34-32(25-27)31-19-10-11-20-33(31)39-34)21-12-24-38(28-13-4-1-5-14-28,29-15-6-2-7-16-29)30-17-8-3-9-18-30/h1-11,13-20,22-23,25,38H,12,21,24,26H2. The molecular formula is C35H31O2PS. The fourth-order valence-corrected chi connectivity index (χ4v) is 11.6. The molecule has 0 spiro atoms.